The van der Waals surface area contributed by atoms with Crippen molar-refractivity contribution in [2.75, 3.05) is 7.05 Å². The molecule has 0 radical (unpaired) electrons. The van der Waals surface area contributed by atoms with Crippen molar-refractivity contribution in [1.29, 1.82) is 0 Å². The molecule has 0 spiro atoms. The van der Waals surface area contributed by atoms with Gasteiger partial charge in [-0.1, -0.05) is 24.3 Å². The topological polar surface area (TPSA) is 101 Å². The molecular weight excluding hydrogens is 318 g/mol. The van der Waals surface area contributed by atoms with E-state index in [0.717, 1.165) is 17.7 Å². The van der Waals surface area contributed by atoms with E-state index < -0.39 is 14.9 Å². The maximum atomic E-state index is 12.2. The van der Waals surface area contributed by atoms with E-state index in [1.807, 2.05) is 31.3 Å². The van der Waals surface area contributed by atoms with Gasteiger partial charge in [0.15, 0.2) is 0 Å². The number of non-ortho nitro benzene ring substituents is 1. The van der Waals surface area contributed by atoms with Gasteiger partial charge in [0, 0.05) is 25.2 Å². The Hall–Kier alpha value is -2.29. The zero-order valence-electron chi connectivity index (χ0n) is 12.5. The largest absolute Gasteiger partial charge is 0.316 e. The van der Waals surface area contributed by atoms with Gasteiger partial charge in [-0.05, 0) is 30.3 Å². The van der Waals surface area contributed by atoms with Crippen molar-refractivity contribution >= 4 is 15.7 Å². The summed E-state index contributed by atoms with van der Waals surface area (Å²) in [6.45, 7) is 0.897. The van der Waals surface area contributed by atoms with E-state index in [-0.39, 0.29) is 17.1 Å². The maximum Gasteiger partial charge on any atom is 0.269 e. The second kappa shape index (κ2) is 7.32. The highest BCUT2D eigenvalue weighted by atomic mass is 32.2. The molecule has 0 fully saturated rings. The minimum Gasteiger partial charge on any atom is -0.316 e. The van der Waals surface area contributed by atoms with Crippen molar-refractivity contribution < 1.29 is 13.3 Å². The van der Waals surface area contributed by atoms with E-state index in [2.05, 4.69) is 10.0 Å². The Morgan fingerprint density at radius 3 is 1.96 bits per heavy atom. The summed E-state index contributed by atoms with van der Waals surface area (Å²) in [4.78, 5) is 10.0. The van der Waals surface area contributed by atoms with Gasteiger partial charge < -0.3 is 5.32 Å². The van der Waals surface area contributed by atoms with Gasteiger partial charge in [0.2, 0.25) is 10.0 Å². The summed E-state index contributed by atoms with van der Waals surface area (Å²) in [5.41, 5.74) is 1.79. The first kappa shape index (κ1) is 17.1. The molecular formula is C15H17N3O4S. The average Bonchev–Trinajstić information content (AvgIpc) is 2.55. The molecule has 0 aromatic heterocycles. The van der Waals surface area contributed by atoms with Crippen LogP contribution in [-0.2, 0) is 23.1 Å². The SMILES string of the molecule is CNCc1ccc(CNS(=O)(=O)c2ccc([N+](=O)[O-])cc2)cc1. The quantitative estimate of drug-likeness (QED) is 0.593. The number of nitro benzene ring substituents is 1. The molecule has 2 aromatic carbocycles. The molecule has 0 saturated carbocycles. The Kier molecular flexibility index (Phi) is 5.43. The number of nitro groups is 1. The highest BCUT2D eigenvalue weighted by molar-refractivity contribution is 7.89. The third-order valence-electron chi connectivity index (χ3n) is 3.23. The highest BCUT2D eigenvalue weighted by Gasteiger charge is 2.15. The zero-order valence-corrected chi connectivity index (χ0v) is 13.3. The van der Waals surface area contributed by atoms with Gasteiger partial charge in [-0.15, -0.1) is 0 Å². The summed E-state index contributed by atoms with van der Waals surface area (Å²) in [5, 5.41) is 13.6. The maximum absolute atomic E-state index is 12.2. The van der Waals surface area contributed by atoms with Crippen LogP contribution in [0.2, 0.25) is 0 Å². The second-order valence-electron chi connectivity index (χ2n) is 4.92. The summed E-state index contributed by atoms with van der Waals surface area (Å²) >= 11 is 0. The monoisotopic (exact) mass is 335 g/mol. The molecule has 122 valence electrons. The molecule has 7 nitrogen and oxygen atoms in total. The molecule has 0 aliphatic heterocycles. The lowest BCUT2D eigenvalue weighted by Crippen LogP contribution is -2.23. The summed E-state index contributed by atoms with van der Waals surface area (Å²) in [7, 11) is -1.85. The summed E-state index contributed by atoms with van der Waals surface area (Å²) in [6, 6.07) is 12.3. The number of sulfonamides is 1. The molecule has 8 heteroatoms. The number of nitrogens with zero attached hydrogens (tertiary/aromatic N) is 1. The fourth-order valence-corrected chi connectivity index (χ4v) is 3.01. The van der Waals surface area contributed by atoms with Crippen LogP contribution < -0.4 is 10.0 Å². The van der Waals surface area contributed by atoms with Crippen molar-refractivity contribution in [3.05, 3.63) is 69.8 Å². The highest BCUT2D eigenvalue weighted by Crippen LogP contribution is 2.16. The van der Waals surface area contributed by atoms with Crippen molar-refractivity contribution in [2.45, 2.75) is 18.0 Å². The van der Waals surface area contributed by atoms with Crippen LogP contribution in [0.3, 0.4) is 0 Å². The molecule has 0 saturated heterocycles. The normalized spacial score (nSPS) is 11.3. The lowest BCUT2D eigenvalue weighted by atomic mass is 10.1. The third kappa shape index (κ3) is 4.59. The summed E-state index contributed by atoms with van der Waals surface area (Å²) in [5.74, 6) is 0. The van der Waals surface area contributed by atoms with Crippen molar-refractivity contribution in [3.63, 3.8) is 0 Å². The summed E-state index contributed by atoms with van der Waals surface area (Å²) < 4.78 is 26.8. The zero-order chi connectivity index (χ0) is 16.9. The lowest BCUT2D eigenvalue weighted by molar-refractivity contribution is -0.384. The van der Waals surface area contributed by atoms with Crippen LogP contribution in [0.5, 0.6) is 0 Å². The van der Waals surface area contributed by atoms with Crippen LogP contribution in [-0.4, -0.2) is 20.4 Å². The standard InChI is InChI=1S/C15H17N3O4S/c1-16-10-12-2-4-13(5-3-12)11-17-23(21,22)15-8-6-14(7-9-15)18(19)20/h2-9,16-17H,10-11H2,1H3. The smallest absolute Gasteiger partial charge is 0.269 e. The third-order valence-corrected chi connectivity index (χ3v) is 4.65. The first-order chi connectivity index (χ1) is 10.9. The molecule has 23 heavy (non-hydrogen) atoms. The van der Waals surface area contributed by atoms with E-state index in [1.165, 1.54) is 24.3 Å². The number of benzene rings is 2. The van der Waals surface area contributed by atoms with Crippen LogP contribution >= 0.6 is 0 Å². The average molecular weight is 335 g/mol. The Bertz CT molecular complexity index is 771. The minimum absolute atomic E-state index is 0.00472. The molecule has 0 unspecified atom stereocenters. The van der Waals surface area contributed by atoms with Gasteiger partial charge in [-0.2, -0.15) is 0 Å². The molecule has 2 N–H and O–H groups in total. The molecule has 2 rings (SSSR count). The number of hydrogen-bond donors (Lipinski definition) is 2. The fourth-order valence-electron chi connectivity index (χ4n) is 1.99. The van der Waals surface area contributed by atoms with Gasteiger partial charge in [0.25, 0.3) is 5.69 Å². The van der Waals surface area contributed by atoms with Gasteiger partial charge in [0.1, 0.15) is 0 Å². The van der Waals surface area contributed by atoms with E-state index in [1.54, 1.807) is 0 Å². The second-order valence-corrected chi connectivity index (χ2v) is 6.69. The lowest BCUT2D eigenvalue weighted by Gasteiger charge is -2.07. The van der Waals surface area contributed by atoms with Crippen molar-refractivity contribution in [2.24, 2.45) is 0 Å². The molecule has 0 atom stereocenters. The predicted molar refractivity (Wildman–Crippen MR) is 86.3 cm³/mol. The number of hydrogen-bond acceptors (Lipinski definition) is 5. The Morgan fingerprint density at radius 1 is 0.957 bits per heavy atom. The van der Waals surface area contributed by atoms with E-state index in [0.29, 0.717) is 0 Å². The minimum atomic E-state index is -3.71. The molecule has 2 aromatic rings. The van der Waals surface area contributed by atoms with E-state index in [9.17, 15) is 18.5 Å². The molecule has 0 aliphatic carbocycles. The van der Waals surface area contributed by atoms with Crippen molar-refractivity contribution in [3.8, 4) is 0 Å². The number of rotatable bonds is 7. The van der Waals surface area contributed by atoms with Gasteiger partial charge in [-0.25, -0.2) is 13.1 Å². The molecule has 0 heterocycles. The van der Waals surface area contributed by atoms with Crippen LogP contribution in [0.1, 0.15) is 11.1 Å². The van der Waals surface area contributed by atoms with Gasteiger partial charge in [0.05, 0.1) is 9.82 Å². The van der Waals surface area contributed by atoms with Gasteiger partial charge >= 0.3 is 0 Å². The first-order valence-electron chi connectivity index (χ1n) is 6.89. The molecule has 0 aliphatic rings. The van der Waals surface area contributed by atoms with Crippen LogP contribution in [0.4, 0.5) is 5.69 Å². The molecule has 0 amide bonds. The molecule has 0 bridgehead atoms. The van der Waals surface area contributed by atoms with E-state index in [4.69, 9.17) is 0 Å². The van der Waals surface area contributed by atoms with Crippen LogP contribution in [0, 0.1) is 10.1 Å². The predicted octanol–water partition coefficient (Wildman–Crippen LogP) is 1.79. The Morgan fingerprint density at radius 2 is 1.48 bits per heavy atom. The summed E-state index contributed by atoms with van der Waals surface area (Å²) in [6.07, 6.45) is 0. The first-order valence-corrected chi connectivity index (χ1v) is 8.37. The van der Waals surface area contributed by atoms with Crippen molar-refractivity contribution in [1.82, 2.24) is 10.0 Å². The van der Waals surface area contributed by atoms with E-state index >= 15 is 0 Å². The number of nitrogens with one attached hydrogen (secondary N) is 2. The van der Waals surface area contributed by atoms with Crippen LogP contribution in [0.15, 0.2) is 53.4 Å². The van der Waals surface area contributed by atoms with Gasteiger partial charge in [-0.3, -0.25) is 10.1 Å². The fraction of sp³-hybridized carbons (Fsp3) is 0.200. The Balaban J connectivity index is 2.04. The Labute approximate surface area is 134 Å². The van der Waals surface area contributed by atoms with Crippen LogP contribution in [0.25, 0.3) is 0 Å².